The molecular formula is C20H28N4O3. The number of anilines is 2. The number of carboxylic acid groups (broad SMARTS) is 1. The van der Waals surface area contributed by atoms with Gasteiger partial charge in [0.2, 0.25) is 5.95 Å². The van der Waals surface area contributed by atoms with Crippen LogP contribution in [0.2, 0.25) is 0 Å². The van der Waals surface area contributed by atoms with Crippen molar-refractivity contribution >= 4 is 17.7 Å². The van der Waals surface area contributed by atoms with E-state index in [-0.39, 0.29) is 25.0 Å². The molecule has 0 radical (unpaired) electrons. The van der Waals surface area contributed by atoms with Gasteiger partial charge in [-0.1, -0.05) is 44.0 Å². The van der Waals surface area contributed by atoms with Crippen LogP contribution in [0.1, 0.15) is 48.6 Å². The summed E-state index contributed by atoms with van der Waals surface area (Å²) in [6.45, 7) is 4.02. The van der Waals surface area contributed by atoms with E-state index in [0.717, 1.165) is 41.6 Å². The zero-order chi connectivity index (χ0) is 19.8. The molecule has 0 aliphatic rings. The van der Waals surface area contributed by atoms with Crippen LogP contribution in [0.4, 0.5) is 11.8 Å². The molecule has 1 atom stereocenters. The number of nitrogens with one attached hydrogen (secondary N) is 1. The number of carbonyl (C=O) groups is 1. The summed E-state index contributed by atoms with van der Waals surface area (Å²) in [5.74, 6) is -0.00774. The molecule has 0 spiro atoms. The van der Waals surface area contributed by atoms with E-state index in [9.17, 15) is 9.90 Å². The van der Waals surface area contributed by atoms with Crippen molar-refractivity contribution in [1.29, 1.82) is 0 Å². The van der Waals surface area contributed by atoms with E-state index in [1.165, 1.54) is 0 Å². The van der Waals surface area contributed by atoms with Crippen LogP contribution in [-0.4, -0.2) is 38.8 Å². The van der Waals surface area contributed by atoms with Gasteiger partial charge >= 0.3 is 5.97 Å². The standard InChI is InChI=1S/C20H28N4O3/c1-3-4-5-16(12-25)23-19-17(13(2)22-20(21)24-19)10-14-6-8-15(9-7-14)11-18(26)27/h6-9,16,25H,3-5,10-12H2,1-2H3,(H,26,27)(H3,21,22,23,24). The largest absolute Gasteiger partial charge is 0.481 e. The van der Waals surface area contributed by atoms with Crippen molar-refractivity contribution in [3.05, 3.63) is 46.6 Å². The van der Waals surface area contributed by atoms with E-state index in [4.69, 9.17) is 10.8 Å². The number of hydrogen-bond donors (Lipinski definition) is 4. The number of carboxylic acids is 1. The van der Waals surface area contributed by atoms with Gasteiger partial charge in [-0.2, -0.15) is 4.98 Å². The van der Waals surface area contributed by atoms with Crippen LogP contribution < -0.4 is 11.1 Å². The van der Waals surface area contributed by atoms with Crippen molar-refractivity contribution in [2.24, 2.45) is 0 Å². The quantitative estimate of drug-likeness (QED) is 0.505. The third-order valence-corrected chi connectivity index (χ3v) is 4.46. The fraction of sp³-hybridized carbons (Fsp3) is 0.450. The number of nitrogens with two attached hydrogens (primary N) is 1. The van der Waals surface area contributed by atoms with Gasteiger partial charge in [-0.15, -0.1) is 0 Å². The third-order valence-electron chi connectivity index (χ3n) is 4.46. The second-order valence-electron chi connectivity index (χ2n) is 6.72. The zero-order valence-electron chi connectivity index (χ0n) is 15.9. The van der Waals surface area contributed by atoms with E-state index in [1.807, 2.05) is 31.2 Å². The number of benzene rings is 1. The van der Waals surface area contributed by atoms with Crippen molar-refractivity contribution < 1.29 is 15.0 Å². The average Bonchev–Trinajstić information content (AvgIpc) is 2.62. The molecule has 5 N–H and O–H groups in total. The first-order valence-electron chi connectivity index (χ1n) is 9.22. The predicted octanol–water partition coefficient (Wildman–Crippen LogP) is 2.55. The van der Waals surface area contributed by atoms with Crippen LogP contribution in [0.15, 0.2) is 24.3 Å². The lowest BCUT2D eigenvalue weighted by Gasteiger charge is -2.20. The summed E-state index contributed by atoms with van der Waals surface area (Å²) >= 11 is 0. The number of aliphatic carboxylic acids is 1. The molecule has 1 heterocycles. The van der Waals surface area contributed by atoms with Gasteiger partial charge in [0.1, 0.15) is 5.82 Å². The Morgan fingerprint density at radius 3 is 2.48 bits per heavy atom. The maximum absolute atomic E-state index is 10.8. The Balaban J connectivity index is 2.23. The summed E-state index contributed by atoms with van der Waals surface area (Å²) in [5.41, 5.74) is 9.32. The van der Waals surface area contributed by atoms with E-state index < -0.39 is 5.97 Å². The lowest BCUT2D eigenvalue weighted by atomic mass is 10.0. The minimum absolute atomic E-state index is 0.00665. The fourth-order valence-corrected chi connectivity index (χ4v) is 2.96. The number of aliphatic hydroxyl groups is 1. The summed E-state index contributed by atoms with van der Waals surface area (Å²) in [6.07, 6.45) is 3.51. The highest BCUT2D eigenvalue weighted by atomic mass is 16.4. The zero-order valence-corrected chi connectivity index (χ0v) is 15.9. The van der Waals surface area contributed by atoms with Gasteiger partial charge in [-0.25, -0.2) is 4.98 Å². The number of nitrogen functional groups attached to an aromatic ring is 1. The molecule has 0 saturated carbocycles. The molecule has 146 valence electrons. The van der Waals surface area contributed by atoms with E-state index in [1.54, 1.807) is 0 Å². The van der Waals surface area contributed by atoms with Gasteiger partial charge in [0.05, 0.1) is 19.1 Å². The van der Waals surface area contributed by atoms with E-state index in [2.05, 4.69) is 22.2 Å². The molecule has 0 aliphatic heterocycles. The van der Waals surface area contributed by atoms with Crippen LogP contribution in [0.5, 0.6) is 0 Å². The Kier molecular flexibility index (Phi) is 7.55. The van der Waals surface area contributed by atoms with Crippen molar-refractivity contribution in [2.75, 3.05) is 17.7 Å². The maximum Gasteiger partial charge on any atom is 0.307 e. The van der Waals surface area contributed by atoms with E-state index >= 15 is 0 Å². The number of unbranched alkanes of at least 4 members (excludes halogenated alkanes) is 1. The van der Waals surface area contributed by atoms with Crippen molar-refractivity contribution in [2.45, 2.75) is 52.0 Å². The summed E-state index contributed by atoms with van der Waals surface area (Å²) in [6, 6.07) is 7.39. The minimum atomic E-state index is -0.848. The Bertz CT molecular complexity index is 763. The molecule has 0 amide bonds. The van der Waals surface area contributed by atoms with E-state index in [0.29, 0.717) is 12.2 Å². The topological polar surface area (TPSA) is 121 Å². The molecule has 2 rings (SSSR count). The number of aryl methyl sites for hydroxylation is 1. The second-order valence-corrected chi connectivity index (χ2v) is 6.72. The first-order valence-corrected chi connectivity index (χ1v) is 9.22. The smallest absolute Gasteiger partial charge is 0.307 e. The van der Waals surface area contributed by atoms with Crippen molar-refractivity contribution in [3.63, 3.8) is 0 Å². The van der Waals surface area contributed by atoms with Crippen LogP contribution in [0.25, 0.3) is 0 Å². The average molecular weight is 372 g/mol. The molecule has 0 aliphatic carbocycles. The molecule has 7 heteroatoms. The molecule has 1 aromatic carbocycles. The van der Waals surface area contributed by atoms with Gasteiger partial charge in [-0.05, 0) is 24.5 Å². The monoisotopic (exact) mass is 372 g/mol. The van der Waals surface area contributed by atoms with Crippen molar-refractivity contribution in [3.8, 4) is 0 Å². The molecule has 1 unspecified atom stereocenters. The molecule has 0 bridgehead atoms. The van der Waals surface area contributed by atoms with Gasteiger partial charge in [0.15, 0.2) is 0 Å². The number of rotatable bonds is 10. The van der Waals surface area contributed by atoms with Crippen LogP contribution in [0.3, 0.4) is 0 Å². The highest BCUT2D eigenvalue weighted by molar-refractivity contribution is 5.70. The van der Waals surface area contributed by atoms with Crippen LogP contribution in [0, 0.1) is 6.92 Å². The number of aliphatic hydroxyl groups excluding tert-OH is 1. The molecule has 7 nitrogen and oxygen atoms in total. The summed E-state index contributed by atoms with van der Waals surface area (Å²) in [4.78, 5) is 19.4. The Morgan fingerprint density at radius 2 is 1.89 bits per heavy atom. The highest BCUT2D eigenvalue weighted by Gasteiger charge is 2.15. The van der Waals surface area contributed by atoms with Gasteiger partial charge in [0, 0.05) is 17.7 Å². The Morgan fingerprint density at radius 1 is 1.22 bits per heavy atom. The lowest BCUT2D eigenvalue weighted by molar-refractivity contribution is -0.136. The molecule has 1 aromatic heterocycles. The Hall–Kier alpha value is -2.67. The summed E-state index contributed by atoms with van der Waals surface area (Å²) in [7, 11) is 0. The number of hydrogen-bond acceptors (Lipinski definition) is 6. The lowest BCUT2D eigenvalue weighted by Crippen LogP contribution is -2.25. The molecule has 0 fully saturated rings. The Labute approximate surface area is 159 Å². The number of nitrogens with zero attached hydrogens (tertiary/aromatic N) is 2. The molecule has 0 saturated heterocycles. The third kappa shape index (κ3) is 6.21. The fourth-order valence-electron chi connectivity index (χ4n) is 2.96. The molecule has 27 heavy (non-hydrogen) atoms. The summed E-state index contributed by atoms with van der Waals surface area (Å²) in [5, 5.41) is 21.8. The normalized spacial score (nSPS) is 12.0. The first-order chi connectivity index (χ1) is 12.9. The summed E-state index contributed by atoms with van der Waals surface area (Å²) < 4.78 is 0. The number of aromatic nitrogens is 2. The van der Waals surface area contributed by atoms with Gasteiger partial charge in [0.25, 0.3) is 0 Å². The van der Waals surface area contributed by atoms with Gasteiger partial charge < -0.3 is 21.3 Å². The van der Waals surface area contributed by atoms with Gasteiger partial charge in [-0.3, -0.25) is 4.79 Å². The molecular weight excluding hydrogens is 344 g/mol. The second kappa shape index (κ2) is 9.87. The SMILES string of the molecule is CCCCC(CO)Nc1nc(N)nc(C)c1Cc1ccc(CC(=O)O)cc1. The van der Waals surface area contributed by atoms with Crippen LogP contribution >= 0.6 is 0 Å². The molecule has 2 aromatic rings. The minimum Gasteiger partial charge on any atom is -0.481 e. The van der Waals surface area contributed by atoms with Crippen LogP contribution in [-0.2, 0) is 17.6 Å². The first kappa shape index (κ1) is 20.6. The highest BCUT2D eigenvalue weighted by Crippen LogP contribution is 2.23. The predicted molar refractivity (Wildman–Crippen MR) is 106 cm³/mol. The maximum atomic E-state index is 10.8. The van der Waals surface area contributed by atoms with Crippen molar-refractivity contribution in [1.82, 2.24) is 9.97 Å².